The molecule has 0 bridgehead atoms. The molecule has 0 spiro atoms. The van der Waals surface area contributed by atoms with Gasteiger partial charge in [0.05, 0.1) is 0 Å². The second kappa shape index (κ2) is 4.44. The van der Waals surface area contributed by atoms with E-state index in [1.807, 2.05) is 6.92 Å². The molecule has 0 aliphatic heterocycles. The summed E-state index contributed by atoms with van der Waals surface area (Å²) in [7, 11) is 1.62. The molecule has 0 aromatic heterocycles. The maximum absolute atomic E-state index is 11.7. The quantitative estimate of drug-likeness (QED) is 0.698. The molecule has 0 rings (SSSR count). The van der Waals surface area contributed by atoms with E-state index in [0.29, 0.717) is 6.54 Å². The van der Waals surface area contributed by atoms with Crippen molar-refractivity contribution in [2.24, 2.45) is 11.3 Å². The van der Waals surface area contributed by atoms with Crippen molar-refractivity contribution >= 4 is 11.9 Å². The highest BCUT2D eigenvalue weighted by atomic mass is 16.4. The van der Waals surface area contributed by atoms with Crippen LogP contribution in [0.4, 0.5) is 0 Å². The summed E-state index contributed by atoms with van der Waals surface area (Å²) in [4.78, 5) is 24.1. The number of carbonyl (C=O) groups is 2. The van der Waals surface area contributed by atoms with E-state index < -0.39 is 17.3 Å². The van der Waals surface area contributed by atoms with Gasteiger partial charge in [0.1, 0.15) is 5.92 Å². The fourth-order valence-corrected chi connectivity index (χ4v) is 1.22. The van der Waals surface area contributed by atoms with Gasteiger partial charge in [-0.3, -0.25) is 9.59 Å². The van der Waals surface area contributed by atoms with Crippen molar-refractivity contribution in [3.05, 3.63) is 0 Å². The number of amides is 1. The average molecular weight is 201 g/mol. The number of nitrogens with zero attached hydrogens (tertiary/aromatic N) is 1. The zero-order valence-corrected chi connectivity index (χ0v) is 9.50. The third-order valence-corrected chi connectivity index (χ3v) is 2.21. The second-order valence-electron chi connectivity index (χ2n) is 4.49. The SMILES string of the molecule is CCN(C)C(=O)C(C(=O)O)C(C)(C)C. The zero-order valence-electron chi connectivity index (χ0n) is 9.50. The van der Waals surface area contributed by atoms with Gasteiger partial charge in [-0.15, -0.1) is 0 Å². The first-order valence-electron chi connectivity index (χ1n) is 4.69. The van der Waals surface area contributed by atoms with E-state index in [-0.39, 0.29) is 5.91 Å². The highest BCUT2D eigenvalue weighted by molar-refractivity contribution is 5.97. The molecule has 0 heterocycles. The van der Waals surface area contributed by atoms with E-state index in [4.69, 9.17) is 5.11 Å². The van der Waals surface area contributed by atoms with Gasteiger partial charge in [-0.05, 0) is 12.3 Å². The topological polar surface area (TPSA) is 57.6 Å². The molecule has 4 nitrogen and oxygen atoms in total. The van der Waals surface area contributed by atoms with Crippen LogP contribution in [0.1, 0.15) is 27.7 Å². The molecule has 0 aromatic rings. The van der Waals surface area contributed by atoms with Crippen molar-refractivity contribution in [3.63, 3.8) is 0 Å². The Labute approximate surface area is 84.9 Å². The van der Waals surface area contributed by atoms with E-state index in [2.05, 4.69) is 0 Å². The molecule has 0 aliphatic carbocycles. The van der Waals surface area contributed by atoms with Crippen LogP contribution in [-0.2, 0) is 9.59 Å². The van der Waals surface area contributed by atoms with Crippen LogP contribution in [0.3, 0.4) is 0 Å². The Balaban J connectivity index is 4.86. The average Bonchev–Trinajstić information content (AvgIpc) is 1.99. The summed E-state index contributed by atoms with van der Waals surface area (Å²) in [6, 6.07) is 0. The normalized spacial score (nSPS) is 13.5. The lowest BCUT2D eigenvalue weighted by Crippen LogP contribution is -2.43. The Hall–Kier alpha value is -1.06. The summed E-state index contributed by atoms with van der Waals surface area (Å²) in [5.74, 6) is -2.34. The Kier molecular flexibility index (Phi) is 4.10. The van der Waals surface area contributed by atoms with Crippen LogP contribution in [0.25, 0.3) is 0 Å². The molecule has 1 amide bonds. The van der Waals surface area contributed by atoms with Crippen LogP contribution < -0.4 is 0 Å². The monoisotopic (exact) mass is 201 g/mol. The molecule has 4 heteroatoms. The lowest BCUT2D eigenvalue weighted by atomic mass is 9.80. The van der Waals surface area contributed by atoms with E-state index in [1.54, 1.807) is 27.8 Å². The van der Waals surface area contributed by atoms with Crippen LogP contribution in [0.2, 0.25) is 0 Å². The number of aliphatic carboxylic acids is 1. The molecule has 82 valence electrons. The predicted octanol–water partition coefficient (Wildman–Crippen LogP) is 1.21. The largest absolute Gasteiger partial charge is 0.481 e. The fourth-order valence-electron chi connectivity index (χ4n) is 1.22. The third-order valence-electron chi connectivity index (χ3n) is 2.21. The van der Waals surface area contributed by atoms with Gasteiger partial charge in [-0.1, -0.05) is 20.8 Å². The molecule has 0 aromatic carbocycles. The Bertz CT molecular complexity index is 230. The van der Waals surface area contributed by atoms with Gasteiger partial charge in [-0.2, -0.15) is 0 Å². The Morgan fingerprint density at radius 2 is 1.79 bits per heavy atom. The molecule has 0 radical (unpaired) electrons. The van der Waals surface area contributed by atoms with Crippen LogP contribution in [-0.4, -0.2) is 35.5 Å². The number of carboxylic acids is 1. The summed E-state index contributed by atoms with van der Waals surface area (Å²) in [6.07, 6.45) is 0. The van der Waals surface area contributed by atoms with Gasteiger partial charge in [0.15, 0.2) is 0 Å². The number of carbonyl (C=O) groups excluding carboxylic acids is 1. The Morgan fingerprint density at radius 3 is 2.00 bits per heavy atom. The zero-order chi connectivity index (χ0) is 11.5. The van der Waals surface area contributed by atoms with Crippen molar-refractivity contribution in [2.45, 2.75) is 27.7 Å². The van der Waals surface area contributed by atoms with Crippen molar-refractivity contribution < 1.29 is 14.7 Å². The molecule has 1 N–H and O–H groups in total. The number of hydrogen-bond donors (Lipinski definition) is 1. The van der Waals surface area contributed by atoms with Gasteiger partial charge in [-0.25, -0.2) is 0 Å². The maximum atomic E-state index is 11.7. The minimum atomic E-state index is -1.05. The van der Waals surface area contributed by atoms with E-state index in [9.17, 15) is 9.59 Å². The molecule has 1 unspecified atom stereocenters. The molecule has 14 heavy (non-hydrogen) atoms. The third kappa shape index (κ3) is 3.01. The van der Waals surface area contributed by atoms with Crippen molar-refractivity contribution in [2.75, 3.05) is 13.6 Å². The maximum Gasteiger partial charge on any atom is 0.316 e. The van der Waals surface area contributed by atoms with E-state index in [0.717, 1.165) is 0 Å². The first kappa shape index (κ1) is 12.9. The number of carboxylic acid groups (broad SMARTS) is 1. The van der Waals surface area contributed by atoms with Crippen LogP contribution in [0.5, 0.6) is 0 Å². The van der Waals surface area contributed by atoms with Gasteiger partial charge in [0.25, 0.3) is 0 Å². The van der Waals surface area contributed by atoms with Crippen LogP contribution in [0.15, 0.2) is 0 Å². The van der Waals surface area contributed by atoms with E-state index in [1.165, 1.54) is 4.90 Å². The Morgan fingerprint density at radius 1 is 1.36 bits per heavy atom. The van der Waals surface area contributed by atoms with Crippen molar-refractivity contribution in [3.8, 4) is 0 Å². The smallest absolute Gasteiger partial charge is 0.316 e. The summed E-state index contributed by atoms with van der Waals surface area (Å²) in [6.45, 7) is 7.62. The number of hydrogen-bond acceptors (Lipinski definition) is 2. The molecule has 0 aliphatic rings. The predicted molar refractivity (Wildman–Crippen MR) is 53.9 cm³/mol. The first-order valence-corrected chi connectivity index (χ1v) is 4.69. The summed E-state index contributed by atoms with van der Waals surface area (Å²) < 4.78 is 0. The highest BCUT2D eigenvalue weighted by Gasteiger charge is 2.38. The number of rotatable bonds is 3. The molecular formula is C10H19NO3. The summed E-state index contributed by atoms with van der Waals surface area (Å²) in [5, 5.41) is 8.98. The molecule has 1 atom stereocenters. The van der Waals surface area contributed by atoms with Crippen LogP contribution in [0, 0.1) is 11.3 Å². The molecular weight excluding hydrogens is 182 g/mol. The second-order valence-corrected chi connectivity index (χ2v) is 4.49. The van der Waals surface area contributed by atoms with Gasteiger partial charge in [0.2, 0.25) is 5.91 Å². The minimum absolute atomic E-state index is 0.326. The van der Waals surface area contributed by atoms with Crippen LogP contribution >= 0.6 is 0 Å². The van der Waals surface area contributed by atoms with Gasteiger partial charge in [0, 0.05) is 13.6 Å². The molecule has 0 fully saturated rings. The van der Waals surface area contributed by atoms with Gasteiger partial charge >= 0.3 is 5.97 Å². The van der Waals surface area contributed by atoms with Crippen molar-refractivity contribution in [1.82, 2.24) is 4.90 Å². The fraction of sp³-hybridized carbons (Fsp3) is 0.800. The molecule has 0 saturated carbocycles. The van der Waals surface area contributed by atoms with Gasteiger partial charge < -0.3 is 10.0 Å². The molecule has 0 saturated heterocycles. The lowest BCUT2D eigenvalue weighted by molar-refractivity contribution is -0.155. The lowest BCUT2D eigenvalue weighted by Gasteiger charge is -2.29. The van der Waals surface area contributed by atoms with E-state index >= 15 is 0 Å². The summed E-state index contributed by atoms with van der Waals surface area (Å²) >= 11 is 0. The summed E-state index contributed by atoms with van der Waals surface area (Å²) in [5.41, 5.74) is -0.549. The highest BCUT2D eigenvalue weighted by Crippen LogP contribution is 2.27. The first-order chi connectivity index (χ1) is 6.21. The standard InChI is InChI=1S/C10H19NO3/c1-6-11(5)8(12)7(9(13)14)10(2,3)4/h7H,6H2,1-5H3,(H,13,14). The van der Waals surface area contributed by atoms with Crippen molar-refractivity contribution in [1.29, 1.82) is 0 Å². The minimum Gasteiger partial charge on any atom is -0.481 e.